The fourth-order valence-corrected chi connectivity index (χ4v) is 4.37. The molecule has 1 saturated carbocycles. The molecule has 1 aliphatic carbocycles. The molecule has 1 aromatic heterocycles. The topological polar surface area (TPSA) is 38.5 Å². The third kappa shape index (κ3) is 3.20. The minimum absolute atomic E-state index is 0.740. The van der Waals surface area contributed by atoms with E-state index in [2.05, 4.69) is 9.88 Å². The van der Waals surface area contributed by atoms with Gasteiger partial charge in [0, 0.05) is 11.6 Å². The smallest absolute Gasteiger partial charge is 0.209 e. The highest BCUT2D eigenvalue weighted by Crippen LogP contribution is 2.36. The maximum Gasteiger partial charge on any atom is 0.209 e. The molecule has 2 aliphatic rings. The highest BCUT2D eigenvalue weighted by atomic mass is 16.5. The number of ether oxygens (including phenoxy) is 1. The van der Waals surface area contributed by atoms with Crippen LogP contribution in [-0.4, -0.2) is 29.6 Å². The van der Waals surface area contributed by atoms with Gasteiger partial charge in [0.1, 0.15) is 5.75 Å². The van der Waals surface area contributed by atoms with Crippen LogP contribution in [-0.2, 0) is 6.54 Å². The number of benzene rings is 1. The standard InChI is InChI=1S/C20H26N2O2/c1-23-17-10-8-16(9-11-17)19-13-21-20(24-19)14-22-12-4-6-15-5-2-3-7-18(15)22/h8-11,13,15,18H,2-7,12,14H2,1H3. The van der Waals surface area contributed by atoms with E-state index in [1.165, 1.54) is 45.1 Å². The Morgan fingerprint density at radius 3 is 2.75 bits per heavy atom. The van der Waals surface area contributed by atoms with E-state index in [1.807, 2.05) is 30.5 Å². The molecule has 24 heavy (non-hydrogen) atoms. The molecule has 4 heteroatoms. The first-order valence-electron chi connectivity index (χ1n) is 9.16. The van der Waals surface area contributed by atoms with Gasteiger partial charge in [0.05, 0.1) is 19.9 Å². The largest absolute Gasteiger partial charge is 0.497 e. The molecule has 0 bridgehead atoms. The van der Waals surface area contributed by atoms with Crippen LogP contribution in [0.2, 0.25) is 0 Å². The fourth-order valence-electron chi connectivity index (χ4n) is 4.37. The molecule has 2 aromatic rings. The van der Waals surface area contributed by atoms with Gasteiger partial charge in [-0.2, -0.15) is 0 Å². The number of methoxy groups -OCH3 is 1. The summed E-state index contributed by atoms with van der Waals surface area (Å²) in [6.45, 7) is 2.03. The molecule has 0 amide bonds. The molecule has 2 fully saturated rings. The van der Waals surface area contributed by atoms with Crippen LogP contribution in [0.3, 0.4) is 0 Å². The van der Waals surface area contributed by atoms with Gasteiger partial charge in [-0.25, -0.2) is 4.98 Å². The summed E-state index contributed by atoms with van der Waals surface area (Å²) in [6.07, 6.45) is 10.1. The lowest BCUT2D eigenvalue weighted by molar-refractivity contribution is 0.0483. The van der Waals surface area contributed by atoms with Crippen LogP contribution >= 0.6 is 0 Å². The third-order valence-corrected chi connectivity index (χ3v) is 5.62. The number of likely N-dealkylation sites (tertiary alicyclic amines) is 1. The van der Waals surface area contributed by atoms with Crippen molar-refractivity contribution in [2.75, 3.05) is 13.7 Å². The summed E-state index contributed by atoms with van der Waals surface area (Å²) in [5, 5.41) is 0. The van der Waals surface area contributed by atoms with Crippen molar-refractivity contribution < 1.29 is 9.15 Å². The van der Waals surface area contributed by atoms with Gasteiger partial charge < -0.3 is 9.15 Å². The minimum Gasteiger partial charge on any atom is -0.497 e. The highest BCUT2D eigenvalue weighted by molar-refractivity contribution is 5.57. The molecule has 1 aromatic carbocycles. The van der Waals surface area contributed by atoms with Crippen molar-refractivity contribution >= 4 is 0 Å². The lowest BCUT2D eigenvalue weighted by Crippen LogP contribution is -2.46. The quantitative estimate of drug-likeness (QED) is 0.829. The van der Waals surface area contributed by atoms with E-state index >= 15 is 0 Å². The predicted octanol–water partition coefficient (Wildman–Crippen LogP) is 4.50. The maximum atomic E-state index is 6.03. The Morgan fingerprint density at radius 2 is 1.92 bits per heavy atom. The Bertz CT molecular complexity index is 663. The Hall–Kier alpha value is -1.81. The average molecular weight is 326 g/mol. The molecular formula is C20H26N2O2. The van der Waals surface area contributed by atoms with Crippen molar-refractivity contribution in [2.45, 2.75) is 51.1 Å². The normalized spacial score (nSPS) is 24.5. The van der Waals surface area contributed by atoms with Gasteiger partial charge in [0.25, 0.3) is 0 Å². The summed E-state index contributed by atoms with van der Waals surface area (Å²) in [6, 6.07) is 8.68. The first-order chi connectivity index (χ1) is 11.8. The maximum absolute atomic E-state index is 6.03. The zero-order valence-corrected chi connectivity index (χ0v) is 14.4. The van der Waals surface area contributed by atoms with E-state index in [-0.39, 0.29) is 0 Å². The molecule has 1 saturated heterocycles. The summed E-state index contributed by atoms with van der Waals surface area (Å²) in [4.78, 5) is 7.14. The molecule has 4 nitrogen and oxygen atoms in total. The monoisotopic (exact) mass is 326 g/mol. The Kier molecular flexibility index (Phi) is 4.56. The van der Waals surface area contributed by atoms with Crippen molar-refractivity contribution in [2.24, 2.45) is 5.92 Å². The number of aromatic nitrogens is 1. The second kappa shape index (κ2) is 6.98. The van der Waals surface area contributed by atoms with Gasteiger partial charge >= 0.3 is 0 Å². The van der Waals surface area contributed by atoms with Crippen molar-refractivity contribution in [3.8, 4) is 17.1 Å². The van der Waals surface area contributed by atoms with Gasteiger partial charge in [-0.05, 0) is 62.4 Å². The molecule has 2 heterocycles. The third-order valence-electron chi connectivity index (χ3n) is 5.62. The van der Waals surface area contributed by atoms with Gasteiger partial charge in [-0.3, -0.25) is 4.90 Å². The molecule has 0 spiro atoms. The van der Waals surface area contributed by atoms with Crippen LogP contribution in [0.25, 0.3) is 11.3 Å². The zero-order chi connectivity index (χ0) is 16.4. The highest BCUT2D eigenvalue weighted by Gasteiger charge is 2.33. The van der Waals surface area contributed by atoms with Gasteiger partial charge in [0.2, 0.25) is 5.89 Å². The number of piperidine rings is 1. The van der Waals surface area contributed by atoms with Gasteiger partial charge in [-0.15, -0.1) is 0 Å². The number of oxazole rings is 1. The molecular weight excluding hydrogens is 300 g/mol. The molecule has 0 radical (unpaired) electrons. The van der Waals surface area contributed by atoms with Crippen LogP contribution in [0.1, 0.15) is 44.4 Å². The van der Waals surface area contributed by atoms with E-state index in [4.69, 9.17) is 9.15 Å². The number of fused-ring (bicyclic) bond motifs is 1. The SMILES string of the molecule is COc1ccc(-c2cnc(CN3CCCC4CCCCC43)o2)cc1. The molecule has 2 atom stereocenters. The van der Waals surface area contributed by atoms with Crippen LogP contribution in [0.15, 0.2) is 34.9 Å². The Balaban J connectivity index is 1.46. The van der Waals surface area contributed by atoms with Crippen molar-refractivity contribution in [3.63, 3.8) is 0 Å². The van der Waals surface area contributed by atoms with E-state index < -0.39 is 0 Å². The van der Waals surface area contributed by atoms with Crippen LogP contribution in [0, 0.1) is 5.92 Å². The fraction of sp³-hybridized carbons (Fsp3) is 0.550. The Morgan fingerprint density at radius 1 is 1.12 bits per heavy atom. The van der Waals surface area contributed by atoms with E-state index in [9.17, 15) is 0 Å². The van der Waals surface area contributed by atoms with Crippen molar-refractivity contribution in [1.82, 2.24) is 9.88 Å². The Labute approximate surface area is 143 Å². The van der Waals surface area contributed by atoms with Crippen LogP contribution in [0.4, 0.5) is 0 Å². The molecule has 0 N–H and O–H groups in total. The second-order valence-electron chi connectivity index (χ2n) is 7.07. The second-order valence-corrected chi connectivity index (χ2v) is 7.07. The minimum atomic E-state index is 0.740. The first kappa shape index (κ1) is 15.7. The van der Waals surface area contributed by atoms with Crippen molar-refractivity contribution in [1.29, 1.82) is 0 Å². The average Bonchev–Trinajstić information content (AvgIpc) is 3.11. The first-order valence-corrected chi connectivity index (χ1v) is 9.16. The number of rotatable bonds is 4. The number of hydrogen-bond acceptors (Lipinski definition) is 4. The summed E-state index contributed by atoms with van der Waals surface area (Å²) in [5.41, 5.74) is 1.05. The molecule has 128 valence electrons. The summed E-state index contributed by atoms with van der Waals surface area (Å²) in [5.74, 6) is 3.43. The number of hydrogen-bond donors (Lipinski definition) is 0. The van der Waals surface area contributed by atoms with Crippen LogP contribution in [0.5, 0.6) is 5.75 Å². The summed E-state index contributed by atoms with van der Waals surface area (Å²) < 4.78 is 11.2. The lowest BCUT2D eigenvalue weighted by Gasteiger charge is -2.43. The van der Waals surface area contributed by atoms with E-state index in [0.29, 0.717) is 0 Å². The lowest BCUT2D eigenvalue weighted by atomic mass is 9.78. The summed E-state index contributed by atoms with van der Waals surface area (Å²) >= 11 is 0. The van der Waals surface area contributed by atoms with E-state index in [0.717, 1.165) is 41.5 Å². The molecule has 1 aliphatic heterocycles. The molecule has 2 unspecified atom stereocenters. The summed E-state index contributed by atoms with van der Waals surface area (Å²) in [7, 11) is 1.68. The van der Waals surface area contributed by atoms with E-state index in [1.54, 1.807) is 7.11 Å². The predicted molar refractivity (Wildman–Crippen MR) is 93.9 cm³/mol. The van der Waals surface area contributed by atoms with Gasteiger partial charge in [0.15, 0.2) is 5.76 Å². The molecule has 4 rings (SSSR count). The van der Waals surface area contributed by atoms with Gasteiger partial charge in [-0.1, -0.05) is 12.8 Å². The zero-order valence-electron chi connectivity index (χ0n) is 14.4. The van der Waals surface area contributed by atoms with Crippen molar-refractivity contribution in [3.05, 3.63) is 36.4 Å². The van der Waals surface area contributed by atoms with Crippen LogP contribution < -0.4 is 4.74 Å². The number of nitrogens with zero attached hydrogens (tertiary/aromatic N) is 2.